The van der Waals surface area contributed by atoms with Gasteiger partial charge in [-0.15, -0.1) is 0 Å². The highest BCUT2D eigenvalue weighted by Crippen LogP contribution is 2.33. The van der Waals surface area contributed by atoms with Crippen molar-refractivity contribution in [1.82, 2.24) is 0 Å². The van der Waals surface area contributed by atoms with E-state index < -0.39 is 0 Å². The predicted octanol–water partition coefficient (Wildman–Crippen LogP) is 4.81. The molecule has 0 aliphatic heterocycles. The summed E-state index contributed by atoms with van der Waals surface area (Å²) in [6.07, 6.45) is 0. The number of phenols is 1. The highest BCUT2D eigenvalue weighted by molar-refractivity contribution is 7.99. The molecule has 0 aliphatic rings. The minimum Gasteiger partial charge on any atom is -0.507 e. The van der Waals surface area contributed by atoms with E-state index >= 15 is 0 Å². The zero-order valence-electron chi connectivity index (χ0n) is 11.5. The van der Waals surface area contributed by atoms with E-state index in [2.05, 4.69) is 12.1 Å². The molecule has 1 N–H and O–H groups in total. The molecule has 0 saturated carbocycles. The van der Waals surface area contributed by atoms with Crippen LogP contribution in [0.15, 0.2) is 71.6 Å². The van der Waals surface area contributed by atoms with Gasteiger partial charge in [-0.05, 0) is 23.1 Å². The van der Waals surface area contributed by atoms with Crippen molar-refractivity contribution in [1.29, 1.82) is 0 Å². The Labute approximate surface area is 128 Å². The molecule has 0 aliphatic carbocycles. The van der Waals surface area contributed by atoms with E-state index in [1.807, 2.05) is 48.5 Å². The summed E-state index contributed by atoms with van der Waals surface area (Å²) in [7, 11) is 0. The quantitative estimate of drug-likeness (QED) is 0.416. The Morgan fingerprint density at radius 3 is 2.33 bits per heavy atom. The third-order valence-corrected chi connectivity index (χ3v) is 4.22. The summed E-state index contributed by atoms with van der Waals surface area (Å²) in [6.45, 7) is 0.615. The standard InChI is InChI=1S/C18H16O2S/c19-17-10-11-18(16-9-5-4-8-15(16)17)21-13-20-12-14-6-2-1-3-7-14/h1-11,19H,12-13H2. The number of thioether (sulfide) groups is 1. The molecule has 3 aromatic carbocycles. The first-order valence-electron chi connectivity index (χ1n) is 6.80. The van der Waals surface area contributed by atoms with Crippen LogP contribution < -0.4 is 0 Å². The fraction of sp³-hybridized carbons (Fsp3) is 0.111. The minimum atomic E-state index is 0.320. The maximum absolute atomic E-state index is 9.88. The molecule has 0 spiro atoms. The normalized spacial score (nSPS) is 10.9. The van der Waals surface area contributed by atoms with Crippen LogP contribution in [0.4, 0.5) is 0 Å². The number of hydrogen-bond acceptors (Lipinski definition) is 3. The van der Waals surface area contributed by atoms with Crippen LogP contribution in [-0.4, -0.2) is 11.0 Å². The molecule has 0 radical (unpaired) electrons. The topological polar surface area (TPSA) is 29.5 Å². The molecule has 0 bridgehead atoms. The average Bonchev–Trinajstić information content (AvgIpc) is 2.55. The number of rotatable bonds is 5. The van der Waals surface area contributed by atoms with Crippen LogP contribution in [0.3, 0.4) is 0 Å². The molecule has 3 aromatic rings. The second-order valence-corrected chi connectivity index (χ2v) is 5.69. The Bertz CT molecular complexity index is 726. The second kappa shape index (κ2) is 6.66. The average molecular weight is 296 g/mol. The fourth-order valence-corrected chi connectivity index (χ4v) is 3.01. The molecule has 3 rings (SSSR count). The molecule has 2 nitrogen and oxygen atoms in total. The third kappa shape index (κ3) is 3.38. The lowest BCUT2D eigenvalue weighted by Gasteiger charge is -2.08. The summed E-state index contributed by atoms with van der Waals surface area (Å²) in [5.74, 6) is 0.907. The van der Waals surface area contributed by atoms with E-state index in [1.165, 1.54) is 5.56 Å². The molecule has 0 saturated heterocycles. The molecular formula is C18H16O2S. The Morgan fingerprint density at radius 2 is 1.52 bits per heavy atom. The Morgan fingerprint density at radius 1 is 0.810 bits per heavy atom. The smallest absolute Gasteiger partial charge is 0.123 e. The van der Waals surface area contributed by atoms with E-state index in [0.717, 1.165) is 15.7 Å². The minimum absolute atomic E-state index is 0.320. The maximum atomic E-state index is 9.88. The molecule has 0 fully saturated rings. The van der Waals surface area contributed by atoms with E-state index in [4.69, 9.17) is 4.74 Å². The summed E-state index contributed by atoms with van der Waals surface area (Å²) in [5.41, 5.74) is 1.17. The Balaban J connectivity index is 1.65. The summed E-state index contributed by atoms with van der Waals surface area (Å²) < 4.78 is 5.70. The van der Waals surface area contributed by atoms with Gasteiger partial charge in [0.15, 0.2) is 0 Å². The zero-order chi connectivity index (χ0) is 14.5. The van der Waals surface area contributed by atoms with Crippen molar-refractivity contribution in [2.45, 2.75) is 11.5 Å². The monoisotopic (exact) mass is 296 g/mol. The maximum Gasteiger partial charge on any atom is 0.123 e. The molecule has 0 heterocycles. The zero-order valence-corrected chi connectivity index (χ0v) is 12.3. The van der Waals surface area contributed by atoms with Gasteiger partial charge in [0.1, 0.15) is 5.75 Å². The number of hydrogen-bond donors (Lipinski definition) is 1. The first-order valence-corrected chi connectivity index (χ1v) is 7.78. The highest BCUT2D eigenvalue weighted by atomic mass is 32.2. The summed E-state index contributed by atoms with van der Waals surface area (Å²) in [5, 5.41) is 11.8. The highest BCUT2D eigenvalue weighted by Gasteiger charge is 2.05. The van der Waals surface area contributed by atoms with Crippen LogP contribution >= 0.6 is 11.8 Å². The van der Waals surface area contributed by atoms with E-state index in [0.29, 0.717) is 18.3 Å². The van der Waals surface area contributed by atoms with Crippen molar-refractivity contribution in [3.63, 3.8) is 0 Å². The molecule has 0 unspecified atom stereocenters. The van der Waals surface area contributed by atoms with Crippen LogP contribution in [-0.2, 0) is 11.3 Å². The van der Waals surface area contributed by atoms with Gasteiger partial charge < -0.3 is 9.84 Å². The van der Waals surface area contributed by atoms with Crippen LogP contribution in [0.2, 0.25) is 0 Å². The Hall–Kier alpha value is -1.97. The lowest BCUT2D eigenvalue weighted by molar-refractivity contribution is 0.169. The molecule has 3 heteroatoms. The SMILES string of the molecule is Oc1ccc(SCOCc2ccccc2)c2ccccc12. The first kappa shape index (κ1) is 14.0. The predicted molar refractivity (Wildman–Crippen MR) is 87.6 cm³/mol. The molecule has 0 atom stereocenters. The number of fused-ring (bicyclic) bond motifs is 1. The molecule has 0 aromatic heterocycles. The van der Waals surface area contributed by atoms with Gasteiger partial charge in [-0.3, -0.25) is 0 Å². The summed E-state index contributed by atoms with van der Waals surface area (Å²) in [4.78, 5) is 1.12. The van der Waals surface area contributed by atoms with Gasteiger partial charge in [0.25, 0.3) is 0 Å². The van der Waals surface area contributed by atoms with E-state index in [1.54, 1.807) is 17.8 Å². The van der Waals surface area contributed by atoms with Crippen LogP contribution in [0.5, 0.6) is 5.75 Å². The number of ether oxygens (including phenoxy) is 1. The third-order valence-electron chi connectivity index (χ3n) is 3.27. The van der Waals surface area contributed by atoms with Gasteiger partial charge in [-0.1, -0.05) is 66.4 Å². The van der Waals surface area contributed by atoms with Crippen molar-refractivity contribution in [3.05, 3.63) is 72.3 Å². The molecule has 0 amide bonds. The number of benzene rings is 3. The molecule has 106 valence electrons. The largest absolute Gasteiger partial charge is 0.507 e. The van der Waals surface area contributed by atoms with Crippen molar-refractivity contribution < 1.29 is 9.84 Å². The first-order chi connectivity index (χ1) is 10.3. The number of phenolic OH excluding ortho intramolecular Hbond substituents is 1. The van der Waals surface area contributed by atoms with Crippen molar-refractivity contribution >= 4 is 22.5 Å². The van der Waals surface area contributed by atoms with Gasteiger partial charge in [0.2, 0.25) is 0 Å². The van der Waals surface area contributed by atoms with Crippen LogP contribution in [0.1, 0.15) is 5.56 Å². The van der Waals surface area contributed by atoms with Gasteiger partial charge in [-0.25, -0.2) is 0 Å². The van der Waals surface area contributed by atoms with Crippen molar-refractivity contribution in [2.24, 2.45) is 0 Å². The summed E-state index contributed by atoms with van der Waals surface area (Å²) in [6, 6.07) is 21.7. The van der Waals surface area contributed by atoms with Crippen molar-refractivity contribution in [3.8, 4) is 5.75 Å². The Kier molecular flexibility index (Phi) is 4.43. The van der Waals surface area contributed by atoms with Gasteiger partial charge >= 0.3 is 0 Å². The fourth-order valence-electron chi connectivity index (χ4n) is 2.22. The summed E-state index contributed by atoms with van der Waals surface area (Å²) >= 11 is 1.64. The van der Waals surface area contributed by atoms with Crippen LogP contribution in [0.25, 0.3) is 10.8 Å². The molecular weight excluding hydrogens is 280 g/mol. The molecule has 21 heavy (non-hydrogen) atoms. The van der Waals surface area contributed by atoms with E-state index in [9.17, 15) is 5.11 Å². The lowest BCUT2D eigenvalue weighted by Crippen LogP contribution is -1.92. The van der Waals surface area contributed by atoms with Crippen molar-refractivity contribution in [2.75, 3.05) is 5.94 Å². The van der Waals surface area contributed by atoms with Gasteiger partial charge in [0, 0.05) is 10.3 Å². The van der Waals surface area contributed by atoms with Gasteiger partial charge in [0.05, 0.1) is 12.5 Å². The van der Waals surface area contributed by atoms with Gasteiger partial charge in [-0.2, -0.15) is 0 Å². The lowest BCUT2D eigenvalue weighted by atomic mass is 10.1. The number of aromatic hydroxyl groups is 1. The van der Waals surface area contributed by atoms with Crippen LogP contribution in [0, 0.1) is 0 Å². The van der Waals surface area contributed by atoms with E-state index in [-0.39, 0.29) is 0 Å². The second-order valence-electron chi connectivity index (χ2n) is 4.72.